The number of carbonyl (C=O) groups is 1. The lowest BCUT2D eigenvalue weighted by atomic mass is 10.1. The van der Waals surface area contributed by atoms with Crippen LogP contribution in [0.1, 0.15) is 10.4 Å². The van der Waals surface area contributed by atoms with E-state index in [-0.39, 0.29) is 22.4 Å². The molecule has 8 heteroatoms. The summed E-state index contributed by atoms with van der Waals surface area (Å²) < 4.78 is 9.66. The quantitative estimate of drug-likeness (QED) is 0.379. The SMILES string of the molecule is COC(=O)c1cc2cc([N+](=O)[O-])ccc2o/c1=N/O. The van der Waals surface area contributed by atoms with Crippen LogP contribution in [-0.4, -0.2) is 23.2 Å². The van der Waals surface area contributed by atoms with Crippen LogP contribution in [0.15, 0.2) is 33.8 Å². The van der Waals surface area contributed by atoms with Gasteiger partial charge in [0.2, 0.25) is 0 Å². The average molecular weight is 264 g/mol. The Labute approximate surface area is 105 Å². The molecule has 0 amide bonds. The topological polar surface area (TPSA) is 115 Å². The number of rotatable bonds is 2. The summed E-state index contributed by atoms with van der Waals surface area (Å²) in [4.78, 5) is 21.6. The van der Waals surface area contributed by atoms with Crippen LogP contribution in [0.5, 0.6) is 0 Å². The number of ether oxygens (including phenoxy) is 1. The summed E-state index contributed by atoms with van der Waals surface area (Å²) in [5.41, 5.74) is -0.357. The molecule has 0 unspecified atom stereocenters. The fourth-order valence-electron chi connectivity index (χ4n) is 1.56. The summed E-state index contributed by atoms with van der Waals surface area (Å²) in [6, 6.07) is 5.13. The van der Waals surface area contributed by atoms with E-state index in [1.165, 1.54) is 24.3 Å². The van der Waals surface area contributed by atoms with Crippen molar-refractivity contribution in [3.8, 4) is 0 Å². The lowest BCUT2D eigenvalue weighted by Crippen LogP contribution is -2.16. The van der Waals surface area contributed by atoms with E-state index in [4.69, 9.17) is 9.62 Å². The number of carbonyl (C=O) groups excluding carboxylic acids is 1. The van der Waals surface area contributed by atoms with Gasteiger partial charge in [0, 0.05) is 17.5 Å². The van der Waals surface area contributed by atoms with Crippen molar-refractivity contribution in [3.63, 3.8) is 0 Å². The largest absolute Gasteiger partial charge is 0.465 e. The minimum Gasteiger partial charge on any atom is -0.465 e. The highest BCUT2D eigenvalue weighted by Crippen LogP contribution is 2.20. The van der Waals surface area contributed by atoms with Crippen LogP contribution in [-0.2, 0) is 4.74 Å². The molecule has 0 bridgehead atoms. The van der Waals surface area contributed by atoms with Gasteiger partial charge in [-0.1, -0.05) is 0 Å². The zero-order valence-corrected chi connectivity index (χ0v) is 9.69. The van der Waals surface area contributed by atoms with Crippen molar-refractivity contribution in [2.45, 2.75) is 0 Å². The summed E-state index contributed by atoms with van der Waals surface area (Å²) in [5, 5.41) is 22.6. The van der Waals surface area contributed by atoms with Gasteiger partial charge in [-0.05, 0) is 17.3 Å². The van der Waals surface area contributed by atoms with Crippen molar-refractivity contribution in [3.05, 3.63) is 45.5 Å². The Morgan fingerprint density at radius 2 is 2.21 bits per heavy atom. The second kappa shape index (κ2) is 4.77. The Kier molecular flexibility index (Phi) is 3.15. The fourth-order valence-corrected chi connectivity index (χ4v) is 1.56. The molecule has 8 nitrogen and oxygen atoms in total. The van der Waals surface area contributed by atoms with Gasteiger partial charge in [0.15, 0.2) is 0 Å². The minimum atomic E-state index is -0.773. The molecule has 0 fully saturated rings. The van der Waals surface area contributed by atoms with Crippen molar-refractivity contribution in [2.24, 2.45) is 5.16 Å². The van der Waals surface area contributed by atoms with E-state index in [9.17, 15) is 14.9 Å². The Balaban J connectivity index is 2.76. The molecule has 98 valence electrons. The number of hydrogen-bond acceptors (Lipinski definition) is 7. The number of hydrogen-bond donors (Lipinski definition) is 1. The molecular weight excluding hydrogens is 256 g/mol. The van der Waals surface area contributed by atoms with Crippen LogP contribution in [0.25, 0.3) is 11.0 Å². The van der Waals surface area contributed by atoms with Crippen LogP contribution < -0.4 is 5.55 Å². The van der Waals surface area contributed by atoms with Gasteiger partial charge in [-0.3, -0.25) is 10.1 Å². The second-order valence-electron chi connectivity index (χ2n) is 3.54. The molecule has 1 aromatic heterocycles. The minimum absolute atomic E-state index is 0.127. The van der Waals surface area contributed by atoms with E-state index in [2.05, 4.69) is 9.89 Å². The van der Waals surface area contributed by atoms with E-state index in [0.717, 1.165) is 7.11 Å². The summed E-state index contributed by atoms with van der Waals surface area (Å²) in [5.74, 6) is -0.773. The Bertz CT molecular complexity index is 734. The van der Waals surface area contributed by atoms with Gasteiger partial charge >= 0.3 is 5.97 Å². The number of non-ortho nitro benzene ring substituents is 1. The normalized spacial score (nSPS) is 11.5. The Morgan fingerprint density at radius 3 is 2.79 bits per heavy atom. The van der Waals surface area contributed by atoms with Crippen LogP contribution in [0.4, 0.5) is 5.69 Å². The third-order valence-electron chi connectivity index (χ3n) is 2.44. The van der Waals surface area contributed by atoms with Gasteiger partial charge in [-0.2, -0.15) is 0 Å². The maximum Gasteiger partial charge on any atom is 0.343 e. The molecule has 1 N–H and O–H groups in total. The van der Waals surface area contributed by atoms with Crippen LogP contribution in [0, 0.1) is 10.1 Å². The molecule has 0 radical (unpaired) electrons. The Morgan fingerprint density at radius 1 is 1.47 bits per heavy atom. The molecule has 1 heterocycles. The first-order valence-corrected chi connectivity index (χ1v) is 5.05. The standard InChI is InChI=1S/C11H8N2O6/c1-18-11(14)8-5-6-4-7(13(16)17)2-3-9(6)19-10(8)12-15/h2-5,15H,1H3/b12-10+. The highest BCUT2D eigenvalue weighted by molar-refractivity contribution is 5.93. The van der Waals surface area contributed by atoms with Crippen LogP contribution in [0.3, 0.4) is 0 Å². The first-order chi connectivity index (χ1) is 9.06. The lowest BCUT2D eigenvalue weighted by Gasteiger charge is -2.02. The van der Waals surface area contributed by atoms with Gasteiger partial charge in [-0.25, -0.2) is 4.79 Å². The van der Waals surface area contributed by atoms with E-state index in [0.29, 0.717) is 5.39 Å². The molecule has 0 aliphatic carbocycles. The molecular formula is C11H8N2O6. The molecule has 2 rings (SSSR count). The van der Waals surface area contributed by atoms with Crippen molar-refractivity contribution in [1.82, 2.24) is 0 Å². The van der Waals surface area contributed by atoms with Crippen molar-refractivity contribution >= 4 is 22.6 Å². The molecule has 0 atom stereocenters. The van der Waals surface area contributed by atoms with Gasteiger partial charge < -0.3 is 14.4 Å². The number of nitrogens with zero attached hydrogens (tertiary/aromatic N) is 2. The number of fused-ring (bicyclic) bond motifs is 1. The molecule has 2 aromatic rings. The molecule has 1 aromatic carbocycles. The fraction of sp³-hybridized carbons (Fsp3) is 0.0909. The zero-order chi connectivity index (χ0) is 14.0. The Hall–Kier alpha value is -2.90. The number of esters is 1. The van der Waals surface area contributed by atoms with Crippen molar-refractivity contribution in [1.29, 1.82) is 0 Å². The van der Waals surface area contributed by atoms with Crippen LogP contribution in [0.2, 0.25) is 0 Å². The average Bonchev–Trinajstić information content (AvgIpc) is 2.44. The number of nitro groups is 1. The maximum atomic E-state index is 11.5. The van der Waals surface area contributed by atoms with Gasteiger partial charge in [0.05, 0.1) is 12.0 Å². The first kappa shape index (κ1) is 12.6. The molecule has 19 heavy (non-hydrogen) atoms. The maximum absolute atomic E-state index is 11.5. The molecule has 0 saturated heterocycles. The predicted molar refractivity (Wildman–Crippen MR) is 61.6 cm³/mol. The summed E-state index contributed by atoms with van der Waals surface area (Å²) in [6.07, 6.45) is 0. The molecule has 0 saturated carbocycles. The van der Waals surface area contributed by atoms with E-state index in [1.54, 1.807) is 0 Å². The number of nitro benzene ring substituents is 1. The number of methoxy groups -OCH3 is 1. The highest BCUT2D eigenvalue weighted by Gasteiger charge is 2.15. The van der Waals surface area contributed by atoms with E-state index >= 15 is 0 Å². The number of benzene rings is 1. The van der Waals surface area contributed by atoms with E-state index in [1.807, 2.05) is 0 Å². The van der Waals surface area contributed by atoms with E-state index < -0.39 is 10.9 Å². The zero-order valence-electron chi connectivity index (χ0n) is 9.69. The summed E-state index contributed by atoms with van der Waals surface area (Å²) in [6.45, 7) is 0. The molecule has 0 aliphatic heterocycles. The lowest BCUT2D eigenvalue weighted by molar-refractivity contribution is -0.384. The molecule has 0 aliphatic rings. The van der Waals surface area contributed by atoms with Crippen LogP contribution >= 0.6 is 0 Å². The van der Waals surface area contributed by atoms with Gasteiger partial charge in [0.25, 0.3) is 11.2 Å². The second-order valence-corrected chi connectivity index (χ2v) is 3.54. The van der Waals surface area contributed by atoms with Crippen molar-refractivity contribution in [2.75, 3.05) is 7.11 Å². The molecule has 0 spiro atoms. The van der Waals surface area contributed by atoms with Crippen molar-refractivity contribution < 1.29 is 24.1 Å². The summed E-state index contributed by atoms with van der Waals surface area (Å²) >= 11 is 0. The third-order valence-corrected chi connectivity index (χ3v) is 2.44. The predicted octanol–water partition coefficient (Wildman–Crippen LogP) is 1.42. The summed E-state index contributed by atoms with van der Waals surface area (Å²) in [7, 11) is 1.15. The van der Waals surface area contributed by atoms with Gasteiger partial charge in [-0.15, -0.1) is 0 Å². The monoisotopic (exact) mass is 264 g/mol. The third kappa shape index (κ3) is 2.23. The first-order valence-electron chi connectivity index (χ1n) is 5.05. The van der Waals surface area contributed by atoms with Gasteiger partial charge in [0.1, 0.15) is 11.1 Å². The smallest absolute Gasteiger partial charge is 0.343 e. The highest BCUT2D eigenvalue weighted by atomic mass is 16.6.